The molecular weight excluding hydrogens is 342 g/mol. The molecule has 1 aliphatic heterocycles. The second kappa shape index (κ2) is 8.16. The molecule has 0 saturated carbocycles. The van der Waals surface area contributed by atoms with Gasteiger partial charge in [0.1, 0.15) is 5.69 Å². The van der Waals surface area contributed by atoms with Crippen LogP contribution >= 0.6 is 0 Å². The number of hydrogen-bond acceptors (Lipinski definition) is 6. The number of hydrogen-bond donors (Lipinski definition) is 1. The summed E-state index contributed by atoms with van der Waals surface area (Å²) in [6.45, 7) is 3.42. The highest BCUT2D eigenvalue weighted by Crippen LogP contribution is 2.25. The third kappa shape index (κ3) is 4.42. The van der Waals surface area contributed by atoms with Gasteiger partial charge in [-0.1, -0.05) is 12.1 Å². The van der Waals surface area contributed by atoms with Gasteiger partial charge in [0.2, 0.25) is 5.95 Å². The van der Waals surface area contributed by atoms with Crippen LogP contribution in [0.4, 0.5) is 17.5 Å². The minimum Gasteiger partial charge on any atom is -0.361 e. The molecule has 0 atom stereocenters. The average molecular weight is 367 g/mol. The zero-order chi connectivity index (χ0) is 19.4. The van der Waals surface area contributed by atoms with Gasteiger partial charge < -0.3 is 15.1 Å². The van der Waals surface area contributed by atoms with Crippen molar-refractivity contribution in [1.82, 2.24) is 9.97 Å². The van der Waals surface area contributed by atoms with E-state index in [1.807, 2.05) is 19.0 Å². The third-order valence-electron chi connectivity index (χ3n) is 4.62. The van der Waals surface area contributed by atoms with Gasteiger partial charge in [0.15, 0.2) is 11.6 Å². The summed E-state index contributed by atoms with van der Waals surface area (Å²) in [7, 11) is 3.78. The van der Waals surface area contributed by atoms with E-state index < -0.39 is 0 Å². The van der Waals surface area contributed by atoms with E-state index in [4.69, 9.17) is 0 Å². The quantitative estimate of drug-likeness (QED) is 0.819. The minimum atomic E-state index is -0.262. The number of piperidine rings is 1. The maximum absolute atomic E-state index is 12.6. The number of amides is 1. The molecule has 0 unspecified atom stereocenters. The Morgan fingerprint density at radius 2 is 1.67 bits per heavy atom. The molecule has 0 bridgehead atoms. The van der Waals surface area contributed by atoms with Crippen LogP contribution in [0.5, 0.6) is 0 Å². The molecular formula is C20H25N5O2. The van der Waals surface area contributed by atoms with Crippen molar-refractivity contribution in [2.24, 2.45) is 0 Å². The van der Waals surface area contributed by atoms with Crippen LogP contribution in [0.3, 0.4) is 0 Å². The first-order chi connectivity index (χ1) is 13.0. The summed E-state index contributed by atoms with van der Waals surface area (Å²) >= 11 is 0. The van der Waals surface area contributed by atoms with Gasteiger partial charge in [-0.2, -0.15) is 4.98 Å². The number of carbonyl (C=O) groups is 2. The lowest BCUT2D eigenvalue weighted by molar-refractivity contribution is 0.101. The van der Waals surface area contributed by atoms with Gasteiger partial charge in [-0.15, -0.1) is 0 Å². The smallest absolute Gasteiger partial charge is 0.255 e. The molecule has 1 saturated heterocycles. The van der Waals surface area contributed by atoms with Crippen LogP contribution in [0.25, 0.3) is 0 Å². The summed E-state index contributed by atoms with van der Waals surface area (Å²) in [6.07, 6.45) is 5.20. The van der Waals surface area contributed by atoms with Crippen molar-refractivity contribution in [2.45, 2.75) is 26.2 Å². The fourth-order valence-electron chi connectivity index (χ4n) is 3.09. The molecule has 3 rings (SSSR count). The Hall–Kier alpha value is -2.96. The first-order valence-electron chi connectivity index (χ1n) is 9.17. The summed E-state index contributed by atoms with van der Waals surface area (Å²) in [5, 5.41) is 2.88. The van der Waals surface area contributed by atoms with Crippen LogP contribution in [0.15, 0.2) is 30.5 Å². The topological polar surface area (TPSA) is 78.4 Å². The van der Waals surface area contributed by atoms with Crippen molar-refractivity contribution in [2.75, 3.05) is 42.3 Å². The molecule has 1 fully saturated rings. The van der Waals surface area contributed by atoms with Gasteiger partial charge in [-0.3, -0.25) is 9.59 Å². The highest BCUT2D eigenvalue weighted by Gasteiger charge is 2.18. The number of anilines is 3. The number of rotatable bonds is 5. The van der Waals surface area contributed by atoms with E-state index in [9.17, 15) is 9.59 Å². The molecule has 2 aromatic rings. The van der Waals surface area contributed by atoms with Crippen LogP contribution in [-0.2, 0) is 0 Å². The van der Waals surface area contributed by atoms with Gasteiger partial charge in [0.25, 0.3) is 5.91 Å². The molecule has 1 aromatic carbocycles. The Morgan fingerprint density at radius 3 is 2.26 bits per heavy atom. The highest BCUT2D eigenvalue weighted by atomic mass is 16.1. The summed E-state index contributed by atoms with van der Waals surface area (Å²) in [4.78, 5) is 37.1. The summed E-state index contributed by atoms with van der Waals surface area (Å²) in [6, 6.07) is 6.59. The van der Waals surface area contributed by atoms with Crippen molar-refractivity contribution in [3.05, 3.63) is 41.6 Å². The number of carbonyl (C=O) groups excluding carboxylic acids is 2. The van der Waals surface area contributed by atoms with Crippen LogP contribution in [0, 0.1) is 0 Å². The van der Waals surface area contributed by atoms with Gasteiger partial charge >= 0.3 is 0 Å². The molecule has 1 aromatic heterocycles. The van der Waals surface area contributed by atoms with Gasteiger partial charge in [0.05, 0.1) is 6.20 Å². The van der Waals surface area contributed by atoms with E-state index in [2.05, 4.69) is 20.2 Å². The Morgan fingerprint density at radius 1 is 1.04 bits per heavy atom. The maximum atomic E-state index is 12.6. The Labute approximate surface area is 159 Å². The predicted octanol–water partition coefficient (Wildman–Crippen LogP) is 2.99. The van der Waals surface area contributed by atoms with Crippen molar-refractivity contribution >= 4 is 29.1 Å². The van der Waals surface area contributed by atoms with E-state index in [1.165, 1.54) is 13.3 Å². The SMILES string of the molecule is CC(=O)c1ccc(C(=O)Nc2cnc(N3CCCCC3)nc2N(C)C)cc1. The first kappa shape index (κ1) is 18.8. The van der Waals surface area contributed by atoms with Crippen molar-refractivity contribution < 1.29 is 9.59 Å². The largest absolute Gasteiger partial charge is 0.361 e. The van der Waals surface area contributed by atoms with E-state index in [0.29, 0.717) is 28.6 Å². The first-order valence-corrected chi connectivity index (χ1v) is 9.17. The molecule has 7 heteroatoms. The summed E-state index contributed by atoms with van der Waals surface area (Å²) in [5.74, 6) is 1.07. The van der Waals surface area contributed by atoms with E-state index in [0.717, 1.165) is 25.9 Å². The second-order valence-electron chi connectivity index (χ2n) is 6.94. The number of nitrogens with one attached hydrogen (secondary N) is 1. The van der Waals surface area contributed by atoms with Crippen molar-refractivity contribution in [3.8, 4) is 0 Å². The normalized spacial score (nSPS) is 14.0. The van der Waals surface area contributed by atoms with Gasteiger partial charge in [-0.05, 0) is 38.3 Å². The van der Waals surface area contributed by atoms with E-state index >= 15 is 0 Å². The molecule has 1 N–H and O–H groups in total. The summed E-state index contributed by atoms with van der Waals surface area (Å²) in [5.41, 5.74) is 1.61. The molecule has 1 aliphatic rings. The van der Waals surface area contributed by atoms with E-state index in [1.54, 1.807) is 30.5 Å². The molecule has 142 valence electrons. The fourth-order valence-corrected chi connectivity index (χ4v) is 3.09. The highest BCUT2D eigenvalue weighted by molar-refractivity contribution is 6.06. The van der Waals surface area contributed by atoms with Gasteiger partial charge in [0, 0.05) is 38.3 Å². The molecule has 0 aliphatic carbocycles. The van der Waals surface area contributed by atoms with Crippen LogP contribution in [0.1, 0.15) is 46.9 Å². The predicted molar refractivity (Wildman–Crippen MR) is 107 cm³/mol. The Kier molecular flexibility index (Phi) is 5.69. The number of ketones is 1. The zero-order valence-electron chi connectivity index (χ0n) is 16.0. The fraction of sp³-hybridized carbons (Fsp3) is 0.400. The number of benzene rings is 1. The van der Waals surface area contributed by atoms with Crippen molar-refractivity contribution in [3.63, 3.8) is 0 Å². The van der Waals surface area contributed by atoms with Crippen LogP contribution < -0.4 is 15.1 Å². The van der Waals surface area contributed by atoms with Crippen LogP contribution in [0.2, 0.25) is 0 Å². The molecule has 0 spiro atoms. The minimum absolute atomic E-state index is 0.0291. The molecule has 0 radical (unpaired) electrons. The van der Waals surface area contributed by atoms with Crippen LogP contribution in [-0.4, -0.2) is 48.8 Å². The average Bonchev–Trinajstić information content (AvgIpc) is 2.68. The van der Waals surface area contributed by atoms with Crippen molar-refractivity contribution in [1.29, 1.82) is 0 Å². The second-order valence-corrected chi connectivity index (χ2v) is 6.94. The number of nitrogens with zero attached hydrogens (tertiary/aromatic N) is 4. The standard InChI is InChI=1S/C20H25N5O2/c1-14(26)15-7-9-16(10-8-15)19(27)22-17-13-21-20(23-18(17)24(2)3)25-11-5-4-6-12-25/h7-10,13H,4-6,11-12H2,1-3H3,(H,22,27). The molecule has 7 nitrogen and oxygen atoms in total. The number of Topliss-reactive ketones (excluding diaryl/α,β-unsaturated/α-hetero) is 1. The maximum Gasteiger partial charge on any atom is 0.255 e. The monoisotopic (exact) mass is 367 g/mol. The summed E-state index contributed by atoms with van der Waals surface area (Å²) < 4.78 is 0. The van der Waals surface area contributed by atoms with Gasteiger partial charge in [-0.25, -0.2) is 4.98 Å². The molecule has 1 amide bonds. The Balaban J connectivity index is 1.80. The lowest BCUT2D eigenvalue weighted by Crippen LogP contribution is -2.31. The third-order valence-corrected chi connectivity index (χ3v) is 4.62. The lowest BCUT2D eigenvalue weighted by Gasteiger charge is -2.28. The number of aromatic nitrogens is 2. The Bertz CT molecular complexity index is 827. The zero-order valence-corrected chi connectivity index (χ0v) is 16.0. The molecule has 27 heavy (non-hydrogen) atoms. The van der Waals surface area contributed by atoms with E-state index in [-0.39, 0.29) is 11.7 Å². The molecule has 2 heterocycles. The lowest BCUT2D eigenvalue weighted by atomic mass is 10.1.